The van der Waals surface area contributed by atoms with Crippen LogP contribution < -0.4 is 26.2 Å². The molecular weight excluding hydrogens is 976 g/mol. The van der Waals surface area contributed by atoms with Gasteiger partial charge in [-0.15, -0.1) is 0 Å². The fraction of sp³-hybridized carbons (Fsp3) is 0. The third-order valence-electron chi connectivity index (χ3n) is 16.4. The van der Waals surface area contributed by atoms with Crippen molar-refractivity contribution in [1.82, 2.24) is 0 Å². The minimum absolute atomic E-state index is 0.176. The Kier molecular flexibility index (Phi) is 12.0. The molecule has 0 aliphatic carbocycles. The molecule has 0 amide bonds. The van der Waals surface area contributed by atoms with Crippen LogP contribution in [-0.2, 0) is 0 Å². The molecule has 0 N–H and O–H groups in total. The summed E-state index contributed by atoms with van der Waals surface area (Å²) in [5, 5.41) is 0. The van der Waals surface area contributed by atoms with Crippen LogP contribution in [0.25, 0.3) is 89.0 Å². The van der Waals surface area contributed by atoms with E-state index in [-0.39, 0.29) is 6.71 Å². The molecule has 0 spiro atoms. The van der Waals surface area contributed by atoms with Gasteiger partial charge in [-0.2, -0.15) is 0 Å². The summed E-state index contributed by atoms with van der Waals surface area (Å²) in [5.74, 6) is 0. The van der Waals surface area contributed by atoms with Crippen molar-refractivity contribution in [2.75, 3.05) is 9.80 Å². The summed E-state index contributed by atoms with van der Waals surface area (Å²) in [7, 11) is 0. The van der Waals surface area contributed by atoms with Gasteiger partial charge in [-0.05, 0) is 166 Å². The predicted molar refractivity (Wildman–Crippen MR) is 344 cm³/mol. The fourth-order valence-corrected chi connectivity index (χ4v) is 12.7. The van der Waals surface area contributed by atoms with E-state index in [2.05, 4.69) is 331 Å². The van der Waals surface area contributed by atoms with Crippen molar-refractivity contribution in [3.8, 4) is 89.0 Å². The lowest BCUT2D eigenvalue weighted by atomic mass is 9.33. The first-order valence-corrected chi connectivity index (χ1v) is 28.0. The van der Waals surface area contributed by atoms with E-state index in [1.54, 1.807) is 0 Å². The van der Waals surface area contributed by atoms with E-state index < -0.39 is 0 Å². The molecule has 2 aliphatic rings. The van der Waals surface area contributed by atoms with Crippen LogP contribution in [0.1, 0.15) is 0 Å². The molecule has 2 aliphatic heterocycles. The zero-order chi connectivity index (χ0) is 53.6. The first kappa shape index (κ1) is 47.7. The van der Waals surface area contributed by atoms with E-state index in [9.17, 15) is 0 Å². The molecule has 13 aromatic rings. The highest BCUT2D eigenvalue weighted by Gasteiger charge is 2.44. The summed E-state index contributed by atoms with van der Waals surface area (Å²) in [6, 6.07) is 119. The van der Waals surface area contributed by atoms with Crippen LogP contribution in [0.3, 0.4) is 0 Å². The maximum absolute atomic E-state index is 2.58. The van der Waals surface area contributed by atoms with Crippen molar-refractivity contribution in [2.45, 2.75) is 0 Å². The van der Waals surface area contributed by atoms with E-state index in [4.69, 9.17) is 0 Å². The highest BCUT2D eigenvalue weighted by molar-refractivity contribution is 7.00. The second kappa shape index (κ2) is 20.4. The Labute approximate surface area is 474 Å². The van der Waals surface area contributed by atoms with Gasteiger partial charge >= 0.3 is 0 Å². The van der Waals surface area contributed by atoms with Crippen molar-refractivity contribution in [1.29, 1.82) is 0 Å². The van der Waals surface area contributed by atoms with Gasteiger partial charge in [0.15, 0.2) is 0 Å². The monoisotopic (exact) mass is 1030 g/mol. The summed E-state index contributed by atoms with van der Waals surface area (Å²) in [6.07, 6.45) is 0. The quantitative estimate of drug-likeness (QED) is 0.126. The molecule has 0 bridgehead atoms. The highest BCUT2D eigenvalue weighted by atomic mass is 15.2. The van der Waals surface area contributed by atoms with Crippen LogP contribution in [0.4, 0.5) is 34.1 Å². The number of nitrogens with zero attached hydrogens (tertiary/aromatic N) is 2. The van der Waals surface area contributed by atoms with Crippen molar-refractivity contribution in [3.63, 3.8) is 0 Å². The number of benzene rings is 13. The molecule has 0 atom stereocenters. The second-order valence-electron chi connectivity index (χ2n) is 21.2. The molecule has 13 aromatic carbocycles. The Bertz CT molecular complexity index is 4020. The highest BCUT2D eigenvalue weighted by Crippen LogP contribution is 2.50. The molecule has 0 fully saturated rings. The third-order valence-corrected chi connectivity index (χ3v) is 16.4. The Hall–Kier alpha value is -10.5. The molecule has 0 saturated carbocycles. The summed E-state index contributed by atoms with van der Waals surface area (Å²) < 4.78 is 0. The molecule has 378 valence electrons. The van der Waals surface area contributed by atoms with Gasteiger partial charge in [0.2, 0.25) is 0 Å². The van der Waals surface area contributed by atoms with Crippen LogP contribution in [0.2, 0.25) is 0 Å². The molecule has 0 unspecified atom stereocenters. The fourth-order valence-electron chi connectivity index (χ4n) is 12.7. The average molecular weight is 1030 g/mol. The summed E-state index contributed by atoms with van der Waals surface area (Å²) in [4.78, 5) is 5.17. The first-order valence-electron chi connectivity index (χ1n) is 28.0. The maximum atomic E-state index is 2.58. The van der Waals surface area contributed by atoms with Crippen molar-refractivity contribution < 1.29 is 0 Å². The van der Waals surface area contributed by atoms with Crippen molar-refractivity contribution in [3.05, 3.63) is 322 Å². The number of hydrogen-bond acceptors (Lipinski definition) is 2. The molecule has 2 heterocycles. The summed E-state index contributed by atoms with van der Waals surface area (Å²) >= 11 is 0. The van der Waals surface area contributed by atoms with Crippen LogP contribution in [0.5, 0.6) is 0 Å². The van der Waals surface area contributed by atoms with Gasteiger partial charge in [0.25, 0.3) is 6.71 Å². The van der Waals surface area contributed by atoms with Gasteiger partial charge in [-0.3, -0.25) is 0 Å². The van der Waals surface area contributed by atoms with Crippen molar-refractivity contribution in [2.24, 2.45) is 0 Å². The number of anilines is 6. The minimum atomic E-state index is -0.176. The number of rotatable bonds is 10. The normalized spacial score (nSPS) is 12.1. The van der Waals surface area contributed by atoms with E-state index >= 15 is 0 Å². The van der Waals surface area contributed by atoms with Crippen molar-refractivity contribution >= 4 is 57.2 Å². The lowest BCUT2D eigenvalue weighted by Crippen LogP contribution is -2.61. The lowest BCUT2D eigenvalue weighted by molar-refractivity contribution is 1.25. The average Bonchev–Trinajstić information content (AvgIpc) is 2.17. The van der Waals surface area contributed by atoms with E-state index in [1.807, 2.05) is 0 Å². The van der Waals surface area contributed by atoms with Crippen LogP contribution in [-0.4, -0.2) is 6.71 Å². The van der Waals surface area contributed by atoms with Crippen LogP contribution in [0.15, 0.2) is 322 Å². The smallest absolute Gasteiger partial charge is 0.252 e. The Morgan fingerprint density at radius 1 is 0.185 bits per heavy atom. The van der Waals surface area contributed by atoms with E-state index in [1.165, 1.54) is 83.1 Å². The summed E-state index contributed by atoms with van der Waals surface area (Å²) in [6.45, 7) is -0.176. The Morgan fingerprint density at radius 2 is 0.432 bits per heavy atom. The molecule has 3 heteroatoms. The van der Waals surface area contributed by atoms with Gasteiger partial charge in [0.1, 0.15) is 0 Å². The Morgan fingerprint density at radius 3 is 0.704 bits per heavy atom. The zero-order valence-corrected chi connectivity index (χ0v) is 44.6. The molecular formula is C78H53BN2. The van der Waals surface area contributed by atoms with Crippen LogP contribution >= 0.6 is 0 Å². The molecule has 15 rings (SSSR count). The van der Waals surface area contributed by atoms with E-state index in [0.29, 0.717) is 0 Å². The molecule has 81 heavy (non-hydrogen) atoms. The minimum Gasteiger partial charge on any atom is -0.311 e. The number of hydrogen-bond donors (Lipinski definition) is 0. The molecule has 2 nitrogen and oxygen atoms in total. The second-order valence-corrected chi connectivity index (χ2v) is 21.2. The van der Waals surface area contributed by atoms with E-state index in [0.717, 1.165) is 56.4 Å². The standard InChI is InChI=1S/C78H53BN2/c1-9-26-54(27-10-1)62-44-63(55-28-11-2-12-29-55)47-66(46-62)80-74-42-25-43-75-78(74)79(72-50-68(58-34-17-5-18-35-58)70(52-76(72)80)60-38-21-7-22-39-60)73-51-69(59-36-19-6-20-37-59)71(61-40-23-8-24-41-61)53-77(73)81(75)67-48-64(56-30-13-3-14-31-56)45-65(49-67)57-32-15-4-16-33-57/h1-53H. The zero-order valence-electron chi connectivity index (χ0n) is 44.6. The first-order chi connectivity index (χ1) is 40.2. The predicted octanol–water partition coefficient (Wildman–Crippen LogP) is 19.1. The lowest BCUT2D eigenvalue weighted by Gasteiger charge is -2.45. The number of fused-ring (bicyclic) bond motifs is 4. The van der Waals surface area contributed by atoms with Gasteiger partial charge in [0, 0.05) is 34.1 Å². The molecule has 0 aromatic heterocycles. The topological polar surface area (TPSA) is 6.48 Å². The van der Waals surface area contributed by atoms with Gasteiger partial charge in [-0.1, -0.05) is 261 Å². The maximum Gasteiger partial charge on any atom is 0.252 e. The van der Waals surface area contributed by atoms with Gasteiger partial charge < -0.3 is 9.80 Å². The largest absolute Gasteiger partial charge is 0.311 e. The third kappa shape index (κ3) is 8.64. The Balaban J connectivity index is 1.09. The van der Waals surface area contributed by atoms with Crippen LogP contribution in [0, 0.1) is 0 Å². The molecule has 0 radical (unpaired) electrons. The summed E-state index contributed by atoms with van der Waals surface area (Å²) in [5.41, 5.74) is 29.3. The molecule has 0 saturated heterocycles. The van der Waals surface area contributed by atoms with Gasteiger partial charge in [-0.25, -0.2) is 0 Å². The van der Waals surface area contributed by atoms with Gasteiger partial charge in [0.05, 0.1) is 0 Å². The SMILES string of the molecule is c1ccc(-c2cc(-c3ccccc3)cc(N3c4cc(-c5ccccc5)c(-c5ccccc5)cc4B4c5cc(-c6ccccc6)c(-c6ccccc6)cc5N(c5cc(-c6ccccc6)cc(-c6ccccc6)c5)c5cccc3c54)c2)cc1.